The third-order valence-electron chi connectivity index (χ3n) is 3.21. The van der Waals surface area contributed by atoms with E-state index in [2.05, 4.69) is 12.6 Å². The molecule has 1 aromatic rings. The number of ketones is 1. The molecule has 2 heteroatoms. The van der Waals surface area contributed by atoms with Crippen molar-refractivity contribution < 1.29 is 9.53 Å². The largest absolute Gasteiger partial charge is 0.496 e. The maximum atomic E-state index is 11.4. The lowest BCUT2D eigenvalue weighted by atomic mass is 9.95. The van der Waals surface area contributed by atoms with Gasteiger partial charge in [0.1, 0.15) is 5.75 Å². The Hall–Kier alpha value is -1.57. The van der Waals surface area contributed by atoms with Crippen LogP contribution in [0, 0.1) is 6.92 Å². The summed E-state index contributed by atoms with van der Waals surface area (Å²) in [5, 5.41) is 0. The van der Waals surface area contributed by atoms with Crippen LogP contribution in [0.25, 0.3) is 0 Å². The zero-order valence-electron chi connectivity index (χ0n) is 9.75. The van der Waals surface area contributed by atoms with Crippen LogP contribution in [0.3, 0.4) is 0 Å². The summed E-state index contributed by atoms with van der Waals surface area (Å²) < 4.78 is 5.22. The number of aryl methyl sites for hydroxylation is 1. The number of carbonyl (C=O) groups is 1. The van der Waals surface area contributed by atoms with E-state index >= 15 is 0 Å². The minimum atomic E-state index is 0.207. The second kappa shape index (κ2) is 4.12. The average molecular weight is 216 g/mol. The van der Waals surface area contributed by atoms with Gasteiger partial charge < -0.3 is 4.74 Å². The van der Waals surface area contributed by atoms with Crippen LogP contribution in [0.15, 0.2) is 30.4 Å². The Morgan fingerprint density at radius 2 is 2.12 bits per heavy atom. The van der Waals surface area contributed by atoms with Crippen molar-refractivity contribution in [3.63, 3.8) is 0 Å². The van der Waals surface area contributed by atoms with Crippen molar-refractivity contribution in [2.45, 2.75) is 25.7 Å². The fourth-order valence-corrected chi connectivity index (χ4v) is 2.24. The molecule has 2 nitrogen and oxygen atoms in total. The highest BCUT2D eigenvalue weighted by Crippen LogP contribution is 2.36. The van der Waals surface area contributed by atoms with Crippen LogP contribution in [0.2, 0.25) is 0 Å². The van der Waals surface area contributed by atoms with Crippen LogP contribution < -0.4 is 4.74 Å². The molecule has 1 atom stereocenters. The van der Waals surface area contributed by atoms with Crippen molar-refractivity contribution in [1.82, 2.24) is 0 Å². The number of methoxy groups -OCH3 is 1. The Labute approximate surface area is 95.9 Å². The molecule has 84 valence electrons. The molecule has 1 aliphatic rings. The number of rotatable bonds is 2. The number of benzene rings is 1. The van der Waals surface area contributed by atoms with Gasteiger partial charge in [0.2, 0.25) is 0 Å². The Kier molecular flexibility index (Phi) is 2.82. The summed E-state index contributed by atoms with van der Waals surface area (Å²) in [7, 11) is 1.67. The molecule has 0 saturated heterocycles. The average Bonchev–Trinajstić information content (AvgIpc) is 2.59. The highest BCUT2D eigenvalue weighted by atomic mass is 16.5. The molecule has 1 aliphatic carbocycles. The summed E-state index contributed by atoms with van der Waals surface area (Å²) in [6.45, 7) is 5.81. The highest BCUT2D eigenvalue weighted by Gasteiger charge is 2.27. The molecule has 0 bridgehead atoms. The van der Waals surface area contributed by atoms with Crippen LogP contribution >= 0.6 is 0 Å². The van der Waals surface area contributed by atoms with Gasteiger partial charge in [0.15, 0.2) is 5.78 Å². The predicted octanol–water partition coefficient (Wildman–Crippen LogP) is 3.01. The van der Waals surface area contributed by atoms with Crippen molar-refractivity contribution in [2.75, 3.05) is 7.11 Å². The minimum Gasteiger partial charge on any atom is -0.496 e. The standard InChI is InChI=1S/C14H16O2/c1-9-6-12(8-13(9)15)11-4-5-14(16-3)10(2)7-11/h4-5,7,12H,1,6,8H2,2-3H3. The third kappa shape index (κ3) is 1.87. The van der Waals surface area contributed by atoms with Gasteiger partial charge in [-0.3, -0.25) is 4.79 Å². The second-order valence-corrected chi connectivity index (χ2v) is 4.36. The van der Waals surface area contributed by atoms with E-state index in [0.717, 1.165) is 23.3 Å². The van der Waals surface area contributed by atoms with Crippen LogP contribution in [0.5, 0.6) is 5.75 Å². The lowest BCUT2D eigenvalue weighted by Gasteiger charge is -2.11. The molecular formula is C14H16O2. The second-order valence-electron chi connectivity index (χ2n) is 4.36. The van der Waals surface area contributed by atoms with Crippen molar-refractivity contribution in [3.05, 3.63) is 41.5 Å². The molecule has 1 fully saturated rings. The number of allylic oxidation sites excluding steroid dienone is 1. The molecule has 0 amide bonds. The molecule has 0 N–H and O–H groups in total. The van der Waals surface area contributed by atoms with E-state index < -0.39 is 0 Å². The Balaban J connectivity index is 2.26. The van der Waals surface area contributed by atoms with E-state index in [1.54, 1.807) is 7.11 Å². The van der Waals surface area contributed by atoms with Gasteiger partial charge in [-0.25, -0.2) is 0 Å². The Bertz CT molecular complexity index is 430. The summed E-state index contributed by atoms with van der Waals surface area (Å²) in [5.74, 6) is 1.41. The van der Waals surface area contributed by atoms with Crippen LogP contribution in [0.4, 0.5) is 0 Å². The van der Waals surface area contributed by atoms with Gasteiger partial charge in [-0.1, -0.05) is 18.7 Å². The van der Waals surface area contributed by atoms with E-state index in [4.69, 9.17) is 4.74 Å². The van der Waals surface area contributed by atoms with E-state index in [-0.39, 0.29) is 5.78 Å². The molecule has 16 heavy (non-hydrogen) atoms. The number of hydrogen-bond donors (Lipinski definition) is 0. The Morgan fingerprint density at radius 3 is 2.62 bits per heavy atom. The molecular weight excluding hydrogens is 200 g/mol. The van der Waals surface area contributed by atoms with Gasteiger partial charge in [-0.15, -0.1) is 0 Å². The molecule has 1 aromatic carbocycles. The van der Waals surface area contributed by atoms with E-state index in [1.807, 2.05) is 19.1 Å². The van der Waals surface area contributed by atoms with Gasteiger partial charge in [0.25, 0.3) is 0 Å². The van der Waals surface area contributed by atoms with E-state index in [0.29, 0.717) is 12.3 Å². The molecule has 0 aliphatic heterocycles. The predicted molar refractivity (Wildman–Crippen MR) is 63.9 cm³/mol. The topological polar surface area (TPSA) is 26.3 Å². The van der Waals surface area contributed by atoms with E-state index in [1.165, 1.54) is 5.56 Å². The Morgan fingerprint density at radius 1 is 1.38 bits per heavy atom. The first-order valence-electron chi connectivity index (χ1n) is 5.47. The van der Waals surface area contributed by atoms with Gasteiger partial charge >= 0.3 is 0 Å². The maximum absolute atomic E-state index is 11.4. The third-order valence-corrected chi connectivity index (χ3v) is 3.21. The molecule has 0 spiro atoms. The summed E-state index contributed by atoms with van der Waals surface area (Å²) >= 11 is 0. The van der Waals surface area contributed by atoms with Gasteiger partial charge in [0, 0.05) is 6.42 Å². The van der Waals surface area contributed by atoms with Crippen molar-refractivity contribution in [3.8, 4) is 5.75 Å². The highest BCUT2D eigenvalue weighted by molar-refractivity contribution is 5.97. The molecule has 1 unspecified atom stereocenters. The number of ether oxygens (including phenoxy) is 1. The zero-order valence-corrected chi connectivity index (χ0v) is 9.75. The smallest absolute Gasteiger partial charge is 0.158 e. The summed E-state index contributed by atoms with van der Waals surface area (Å²) in [5.41, 5.74) is 3.09. The van der Waals surface area contributed by atoms with Crippen molar-refractivity contribution in [1.29, 1.82) is 0 Å². The van der Waals surface area contributed by atoms with Crippen molar-refractivity contribution >= 4 is 5.78 Å². The first-order chi connectivity index (χ1) is 7.61. The lowest BCUT2D eigenvalue weighted by molar-refractivity contribution is -0.114. The molecule has 0 radical (unpaired) electrons. The number of Topliss-reactive ketones (excluding diaryl/α,β-unsaturated/α-hetero) is 1. The van der Waals surface area contributed by atoms with Gasteiger partial charge in [-0.2, -0.15) is 0 Å². The fourth-order valence-electron chi connectivity index (χ4n) is 2.24. The van der Waals surface area contributed by atoms with Gasteiger partial charge in [-0.05, 0) is 42.0 Å². The normalized spacial score (nSPS) is 20.2. The molecule has 1 saturated carbocycles. The fraction of sp³-hybridized carbons (Fsp3) is 0.357. The van der Waals surface area contributed by atoms with E-state index in [9.17, 15) is 4.79 Å². The monoisotopic (exact) mass is 216 g/mol. The SMILES string of the molecule is C=C1CC(c2ccc(OC)c(C)c2)CC1=O. The first kappa shape index (κ1) is 10.9. The number of carbonyl (C=O) groups excluding carboxylic acids is 1. The molecule has 0 heterocycles. The van der Waals surface area contributed by atoms with Crippen LogP contribution in [0.1, 0.15) is 29.9 Å². The first-order valence-corrected chi connectivity index (χ1v) is 5.47. The van der Waals surface area contributed by atoms with Crippen LogP contribution in [-0.4, -0.2) is 12.9 Å². The van der Waals surface area contributed by atoms with Crippen molar-refractivity contribution in [2.24, 2.45) is 0 Å². The minimum absolute atomic E-state index is 0.207. The zero-order chi connectivity index (χ0) is 11.7. The lowest BCUT2D eigenvalue weighted by Crippen LogP contribution is -1.96. The maximum Gasteiger partial charge on any atom is 0.158 e. The molecule has 2 rings (SSSR count). The van der Waals surface area contributed by atoms with Gasteiger partial charge in [0.05, 0.1) is 7.11 Å². The van der Waals surface area contributed by atoms with Crippen LogP contribution in [-0.2, 0) is 4.79 Å². The number of hydrogen-bond acceptors (Lipinski definition) is 2. The quantitative estimate of drug-likeness (QED) is 0.710. The summed E-state index contributed by atoms with van der Waals surface area (Å²) in [6.07, 6.45) is 1.40. The molecule has 0 aromatic heterocycles. The summed E-state index contributed by atoms with van der Waals surface area (Å²) in [6, 6.07) is 6.12. The summed E-state index contributed by atoms with van der Waals surface area (Å²) in [4.78, 5) is 11.4.